The van der Waals surface area contributed by atoms with Crippen LogP contribution in [0.5, 0.6) is 0 Å². The minimum absolute atomic E-state index is 0.221. The first-order valence-electron chi connectivity index (χ1n) is 11.7. The zero-order valence-electron chi connectivity index (χ0n) is 18.3. The molecule has 6 atom stereocenters. The van der Waals surface area contributed by atoms with Gasteiger partial charge in [0.25, 0.3) is 0 Å². The molecule has 2 N–H and O–H groups in total. The van der Waals surface area contributed by atoms with Crippen molar-refractivity contribution in [3.63, 3.8) is 0 Å². The summed E-state index contributed by atoms with van der Waals surface area (Å²) in [5.41, 5.74) is 1.29. The summed E-state index contributed by atoms with van der Waals surface area (Å²) in [6, 6.07) is 0. The van der Waals surface area contributed by atoms with Gasteiger partial charge in [0.2, 0.25) is 0 Å². The average molecular weight is 391 g/mol. The molecule has 2 aliphatic rings. The summed E-state index contributed by atoms with van der Waals surface area (Å²) in [6.45, 7) is 6.56. The summed E-state index contributed by atoms with van der Waals surface area (Å²) < 4.78 is 0. The number of allylic oxidation sites excluding steroid dienone is 3. The van der Waals surface area contributed by atoms with E-state index in [1.54, 1.807) is 0 Å². The van der Waals surface area contributed by atoms with Crippen LogP contribution in [0.2, 0.25) is 0 Å². The van der Waals surface area contributed by atoms with Crippen LogP contribution in [0.3, 0.4) is 0 Å². The maximum absolute atomic E-state index is 12.4. The SMILES string of the molecule is CCCCC(CC)C(=O)CCCC(O)CCC1C(C)C=CC2=CC(O)CCC21. The standard InChI is InChI=1S/C25H42O3/c1-4-6-8-19(5-2)25(28)10-7-9-21(26)13-15-23-18(3)11-12-20-17-22(27)14-16-24(20)23/h11-12,17-19,21-24,26-27H,4-10,13-16H2,1-3H3. The molecule has 0 bridgehead atoms. The van der Waals surface area contributed by atoms with Crippen molar-refractivity contribution in [2.24, 2.45) is 23.7 Å². The Kier molecular flexibility index (Phi) is 9.94. The lowest BCUT2D eigenvalue weighted by atomic mass is 9.67. The van der Waals surface area contributed by atoms with Crippen LogP contribution < -0.4 is 0 Å². The molecule has 3 heteroatoms. The third kappa shape index (κ3) is 6.84. The number of carbonyl (C=O) groups excluding carboxylic acids is 1. The van der Waals surface area contributed by atoms with E-state index >= 15 is 0 Å². The summed E-state index contributed by atoms with van der Waals surface area (Å²) >= 11 is 0. The van der Waals surface area contributed by atoms with Crippen LogP contribution in [0, 0.1) is 23.7 Å². The Morgan fingerprint density at radius 2 is 1.96 bits per heavy atom. The van der Waals surface area contributed by atoms with Gasteiger partial charge in [0, 0.05) is 12.3 Å². The lowest BCUT2D eigenvalue weighted by Crippen LogP contribution is -2.30. The highest BCUT2D eigenvalue weighted by atomic mass is 16.3. The van der Waals surface area contributed by atoms with Gasteiger partial charge < -0.3 is 10.2 Å². The molecular formula is C25H42O3. The van der Waals surface area contributed by atoms with Gasteiger partial charge in [-0.15, -0.1) is 0 Å². The van der Waals surface area contributed by atoms with E-state index in [0.29, 0.717) is 30.0 Å². The van der Waals surface area contributed by atoms with Gasteiger partial charge in [0.1, 0.15) is 5.78 Å². The molecule has 0 aromatic rings. The molecule has 0 saturated heterocycles. The predicted molar refractivity (Wildman–Crippen MR) is 116 cm³/mol. The Morgan fingerprint density at radius 1 is 1.18 bits per heavy atom. The zero-order valence-corrected chi connectivity index (χ0v) is 18.3. The molecule has 2 rings (SSSR count). The molecule has 28 heavy (non-hydrogen) atoms. The van der Waals surface area contributed by atoms with Crippen molar-refractivity contribution >= 4 is 5.78 Å². The molecule has 0 aromatic heterocycles. The molecule has 0 amide bonds. The first-order valence-corrected chi connectivity index (χ1v) is 11.7. The van der Waals surface area contributed by atoms with Gasteiger partial charge in [-0.1, -0.05) is 51.8 Å². The van der Waals surface area contributed by atoms with E-state index in [1.165, 1.54) is 5.57 Å². The fraction of sp³-hybridized carbons (Fsp3) is 0.800. The van der Waals surface area contributed by atoms with E-state index in [0.717, 1.165) is 64.2 Å². The average Bonchev–Trinajstić information content (AvgIpc) is 2.68. The number of ketones is 1. The number of aliphatic hydroxyl groups is 2. The second-order valence-corrected chi connectivity index (χ2v) is 9.14. The number of fused-ring (bicyclic) bond motifs is 1. The van der Waals surface area contributed by atoms with E-state index in [-0.39, 0.29) is 18.1 Å². The van der Waals surface area contributed by atoms with Gasteiger partial charge >= 0.3 is 0 Å². The Morgan fingerprint density at radius 3 is 2.68 bits per heavy atom. The van der Waals surface area contributed by atoms with Crippen LogP contribution in [0.1, 0.15) is 91.4 Å². The molecule has 0 spiro atoms. The molecule has 0 saturated carbocycles. The summed E-state index contributed by atoms with van der Waals surface area (Å²) in [5.74, 6) is 2.22. The minimum atomic E-state index is -0.303. The van der Waals surface area contributed by atoms with E-state index < -0.39 is 0 Å². The number of hydrogen-bond donors (Lipinski definition) is 2. The van der Waals surface area contributed by atoms with Crippen molar-refractivity contribution in [2.45, 2.75) is 104 Å². The van der Waals surface area contributed by atoms with Crippen LogP contribution in [0.15, 0.2) is 23.8 Å². The fourth-order valence-corrected chi connectivity index (χ4v) is 5.11. The van der Waals surface area contributed by atoms with Crippen molar-refractivity contribution in [2.75, 3.05) is 0 Å². The quantitative estimate of drug-likeness (QED) is 0.456. The molecule has 6 unspecified atom stereocenters. The molecule has 0 aliphatic heterocycles. The van der Waals surface area contributed by atoms with Crippen LogP contribution in [-0.4, -0.2) is 28.2 Å². The number of Topliss-reactive ketones (excluding diaryl/α,β-unsaturated/α-hetero) is 1. The lowest BCUT2D eigenvalue weighted by molar-refractivity contribution is -0.123. The largest absolute Gasteiger partial charge is 0.393 e. The molecule has 160 valence electrons. The minimum Gasteiger partial charge on any atom is -0.393 e. The second-order valence-electron chi connectivity index (χ2n) is 9.14. The van der Waals surface area contributed by atoms with Crippen molar-refractivity contribution in [1.82, 2.24) is 0 Å². The molecular weight excluding hydrogens is 348 g/mol. The predicted octanol–water partition coefficient (Wildman–Crippen LogP) is 5.60. The number of rotatable bonds is 12. The highest BCUT2D eigenvalue weighted by Crippen LogP contribution is 2.42. The first kappa shape index (κ1) is 23.3. The lowest BCUT2D eigenvalue weighted by Gasteiger charge is -2.38. The maximum atomic E-state index is 12.4. The highest BCUT2D eigenvalue weighted by Gasteiger charge is 2.33. The van der Waals surface area contributed by atoms with Gasteiger partial charge in [0.15, 0.2) is 0 Å². The summed E-state index contributed by atoms with van der Waals surface area (Å²) in [4.78, 5) is 12.4. The van der Waals surface area contributed by atoms with Crippen molar-refractivity contribution < 1.29 is 15.0 Å². The normalized spacial score (nSPS) is 29.1. The van der Waals surface area contributed by atoms with Crippen LogP contribution in [0.4, 0.5) is 0 Å². The Hall–Kier alpha value is -0.930. The van der Waals surface area contributed by atoms with Crippen LogP contribution in [-0.2, 0) is 4.79 Å². The van der Waals surface area contributed by atoms with E-state index in [4.69, 9.17) is 0 Å². The van der Waals surface area contributed by atoms with E-state index in [1.807, 2.05) is 6.08 Å². The van der Waals surface area contributed by atoms with Gasteiger partial charge in [-0.2, -0.15) is 0 Å². The zero-order chi connectivity index (χ0) is 20.5. The highest BCUT2D eigenvalue weighted by molar-refractivity contribution is 5.80. The number of aliphatic hydroxyl groups excluding tert-OH is 2. The Labute approximate surface area is 172 Å². The number of carbonyl (C=O) groups is 1. The van der Waals surface area contributed by atoms with Crippen LogP contribution in [0.25, 0.3) is 0 Å². The van der Waals surface area contributed by atoms with Gasteiger partial charge in [0.05, 0.1) is 12.2 Å². The van der Waals surface area contributed by atoms with E-state index in [2.05, 4.69) is 32.9 Å². The summed E-state index contributed by atoms with van der Waals surface area (Å²) in [5, 5.41) is 20.4. The second kappa shape index (κ2) is 11.9. The molecule has 2 aliphatic carbocycles. The van der Waals surface area contributed by atoms with Crippen molar-refractivity contribution in [3.8, 4) is 0 Å². The summed E-state index contributed by atoms with van der Waals surface area (Å²) in [7, 11) is 0. The monoisotopic (exact) mass is 390 g/mol. The van der Waals surface area contributed by atoms with Gasteiger partial charge in [-0.25, -0.2) is 0 Å². The molecule has 0 aromatic carbocycles. The third-order valence-electron chi connectivity index (χ3n) is 7.02. The maximum Gasteiger partial charge on any atom is 0.135 e. The van der Waals surface area contributed by atoms with Gasteiger partial charge in [-0.3, -0.25) is 4.79 Å². The van der Waals surface area contributed by atoms with Crippen molar-refractivity contribution in [3.05, 3.63) is 23.8 Å². The Balaban J connectivity index is 1.73. The molecule has 0 radical (unpaired) electrons. The Bertz CT molecular complexity index is 536. The topological polar surface area (TPSA) is 57.5 Å². The third-order valence-corrected chi connectivity index (χ3v) is 7.02. The fourth-order valence-electron chi connectivity index (χ4n) is 5.11. The van der Waals surface area contributed by atoms with Crippen LogP contribution >= 0.6 is 0 Å². The molecule has 0 fully saturated rings. The van der Waals surface area contributed by atoms with Gasteiger partial charge in [-0.05, 0) is 74.7 Å². The smallest absolute Gasteiger partial charge is 0.135 e. The van der Waals surface area contributed by atoms with E-state index in [9.17, 15) is 15.0 Å². The number of unbranched alkanes of at least 4 members (excludes halogenated alkanes) is 1. The molecule has 3 nitrogen and oxygen atoms in total. The summed E-state index contributed by atoms with van der Waals surface area (Å²) in [6.07, 6.45) is 16.0. The molecule has 0 heterocycles. The van der Waals surface area contributed by atoms with Crippen molar-refractivity contribution in [1.29, 1.82) is 0 Å². The number of hydrogen-bond acceptors (Lipinski definition) is 3. The first-order chi connectivity index (χ1) is 13.5.